The van der Waals surface area contributed by atoms with Gasteiger partial charge in [0.25, 0.3) is 0 Å². The van der Waals surface area contributed by atoms with E-state index in [0.29, 0.717) is 16.5 Å². The van der Waals surface area contributed by atoms with E-state index in [9.17, 15) is 43.8 Å². The zero-order valence-electron chi connectivity index (χ0n) is 25.5. The number of rotatable bonds is 18. The Morgan fingerprint density at radius 1 is 0.708 bits per heavy atom. The highest BCUT2D eigenvalue weighted by Gasteiger charge is 2.32. The second-order valence-corrected chi connectivity index (χ2v) is 10.9. The Hall–Kier alpha value is -5.97. The monoisotopic (exact) mass is 668 g/mol. The molecular weight excluding hydrogens is 632 g/mol. The number of hydrogen-bond donors (Lipinski definition) is 10. The zero-order chi connectivity index (χ0) is 35.4. The van der Waals surface area contributed by atoms with E-state index in [-0.39, 0.29) is 18.6 Å². The molecule has 1 heterocycles. The van der Waals surface area contributed by atoms with Crippen LogP contribution >= 0.6 is 0 Å². The average Bonchev–Trinajstić information content (AvgIpc) is 3.44. The summed E-state index contributed by atoms with van der Waals surface area (Å²) in [6, 6.07) is 6.81. The first-order valence-electron chi connectivity index (χ1n) is 14.7. The molecule has 0 bridgehead atoms. The van der Waals surface area contributed by atoms with Crippen LogP contribution in [0.25, 0.3) is 10.9 Å². The number of aromatic hydroxyl groups is 1. The number of H-pyrrole nitrogens is 1. The van der Waals surface area contributed by atoms with E-state index >= 15 is 0 Å². The number of aromatic amines is 1. The van der Waals surface area contributed by atoms with Crippen LogP contribution in [0, 0.1) is 0 Å². The normalized spacial score (nSPS) is 13.4. The number of carboxylic acid groups (broad SMARTS) is 3. The van der Waals surface area contributed by atoms with Crippen molar-refractivity contribution in [1.29, 1.82) is 0 Å². The van der Waals surface area contributed by atoms with Crippen molar-refractivity contribution in [3.8, 4) is 5.75 Å². The Morgan fingerprint density at radius 2 is 1.31 bits per heavy atom. The molecule has 0 saturated heterocycles. The van der Waals surface area contributed by atoms with Gasteiger partial charge in [0.05, 0.1) is 12.5 Å². The Bertz CT molecular complexity index is 1660. The number of amides is 4. The first-order valence-corrected chi connectivity index (χ1v) is 14.7. The summed E-state index contributed by atoms with van der Waals surface area (Å²) < 4.78 is 0. The standard InChI is InChI=1S/C31H36N6O11/c32-20(13-26(41)42)28(45)36-24(12-17-14-33-21-4-2-1-3-19(17)21)31(48)35-22(9-10-25(39)40)30(47)37-23(29(46)34-15-27(43)44)11-16-5-7-18(38)8-6-16/h1-8,14,20,22-24,33,38H,9-13,15,32H2,(H,34,46)(H,35,48)(H,36,45)(H,37,47)(H,39,40)(H,41,42)(H,43,44). The summed E-state index contributed by atoms with van der Waals surface area (Å²) in [5, 5.41) is 47.1. The van der Waals surface area contributed by atoms with Crippen LogP contribution in [0.15, 0.2) is 54.7 Å². The van der Waals surface area contributed by atoms with Gasteiger partial charge in [-0.3, -0.25) is 33.6 Å². The maximum atomic E-state index is 13.7. The van der Waals surface area contributed by atoms with Gasteiger partial charge in [-0.05, 0) is 35.7 Å². The Balaban J connectivity index is 1.88. The van der Waals surface area contributed by atoms with Crippen LogP contribution in [0.4, 0.5) is 0 Å². The highest BCUT2D eigenvalue weighted by atomic mass is 16.4. The Morgan fingerprint density at radius 3 is 1.96 bits per heavy atom. The highest BCUT2D eigenvalue weighted by Crippen LogP contribution is 2.19. The number of para-hydroxylation sites is 1. The minimum atomic E-state index is -1.56. The maximum absolute atomic E-state index is 13.7. The molecule has 0 radical (unpaired) electrons. The lowest BCUT2D eigenvalue weighted by Gasteiger charge is -2.25. The summed E-state index contributed by atoms with van der Waals surface area (Å²) in [6.45, 7) is -0.765. The summed E-state index contributed by atoms with van der Waals surface area (Å²) in [5.41, 5.74) is 7.48. The topological polar surface area (TPSA) is 290 Å². The smallest absolute Gasteiger partial charge is 0.322 e. The average molecular weight is 669 g/mol. The largest absolute Gasteiger partial charge is 0.508 e. The molecule has 0 saturated carbocycles. The van der Waals surface area contributed by atoms with Crippen molar-refractivity contribution < 1.29 is 54.0 Å². The second kappa shape index (κ2) is 17.1. The van der Waals surface area contributed by atoms with E-state index in [1.54, 1.807) is 30.5 Å². The van der Waals surface area contributed by atoms with E-state index in [0.717, 1.165) is 5.52 Å². The Labute approximate surface area is 272 Å². The molecule has 4 atom stereocenters. The van der Waals surface area contributed by atoms with E-state index in [1.165, 1.54) is 24.3 Å². The molecular formula is C31H36N6O11. The van der Waals surface area contributed by atoms with Crippen molar-refractivity contribution in [3.63, 3.8) is 0 Å². The third-order valence-electron chi connectivity index (χ3n) is 7.17. The van der Waals surface area contributed by atoms with E-state index < -0.39 is 91.5 Å². The van der Waals surface area contributed by atoms with Gasteiger partial charge >= 0.3 is 17.9 Å². The van der Waals surface area contributed by atoms with Crippen molar-refractivity contribution in [3.05, 3.63) is 65.9 Å². The minimum Gasteiger partial charge on any atom is -0.508 e. The SMILES string of the molecule is NC(CC(=O)O)C(=O)NC(Cc1c[nH]c2ccccc12)C(=O)NC(CCC(=O)O)C(=O)NC(Cc1ccc(O)cc1)C(=O)NCC(=O)O. The molecule has 1 aromatic heterocycles. The fraction of sp³-hybridized carbons (Fsp3) is 0.323. The van der Waals surface area contributed by atoms with Crippen LogP contribution < -0.4 is 27.0 Å². The molecule has 4 amide bonds. The molecule has 17 nitrogen and oxygen atoms in total. The predicted octanol–water partition coefficient (Wildman–Crippen LogP) is -1.02. The van der Waals surface area contributed by atoms with Gasteiger partial charge in [-0.2, -0.15) is 0 Å². The van der Waals surface area contributed by atoms with Crippen LogP contribution in [-0.4, -0.2) is 97.7 Å². The predicted molar refractivity (Wildman–Crippen MR) is 167 cm³/mol. The molecule has 0 aliphatic carbocycles. The van der Waals surface area contributed by atoms with Gasteiger partial charge in [0.2, 0.25) is 23.6 Å². The van der Waals surface area contributed by atoms with E-state index in [2.05, 4.69) is 26.3 Å². The first kappa shape index (κ1) is 36.5. The number of fused-ring (bicyclic) bond motifs is 1. The lowest BCUT2D eigenvalue weighted by molar-refractivity contribution is -0.140. The van der Waals surface area contributed by atoms with Gasteiger partial charge in [0, 0.05) is 36.4 Å². The molecule has 0 spiro atoms. The summed E-state index contributed by atoms with van der Waals surface area (Å²) >= 11 is 0. The van der Waals surface area contributed by atoms with Crippen molar-refractivity contribution in [2.45, 2.75) is 56.3 Å². The number of carbonyl (C=O) groups excluding carboxylic acids is 4. The van der Waals surface area contributed by atoms with E-state index in [4.69, 9.17) is 15.9 Å². The molecule has 11 N–H and O–H groups in total. The highest BCUT2D eigenvalue weighted by molar-refractivity contribution is 5.96. The van der Waals surface area contributed by atoms with Gasteiger partial charge in [-0.1, -0.05) is 30.3 Å². The molecule has 256 valence electrons. The summed E-state index contributed by atoms with van der Waals surface area (Å²) in [7, 11) is 0. The number of aliphatic carboxylic acids is 3. The number of nitrogens with two attached hydrogens (primary N) is 1. The molecule has 4 unspecified atom stereocenters. The van der Waals surface area contributed by atoms with Crippen LogP contribution in [0.2, 0.25) is 0 Å². The second-order valence-electron chi connectivity index (χ2n) is 10.9. The number of hydrogen-bond acceptors (Lipinski definition) is 9. The molecule has 3 aromatic rings. The molecule has 0 aliphatic heterocycles. The fourth-order valence-corrected chi connectivity index (χ4v) is 4.73. The van der Waals surface area contributed by atoms with Crippen LogP contribution in [-0.2, 0) is 46.4 Å². The number of benzene rings is 2. The van der Waals surface area contributed by atoms with Gasteiger partial charge in [-0.25, -0.2) is 0 Å². The van der Waals surface area contributed by atoms with Gasteiger partial charge < -0.3 is 52.4 Å². The van der Waals surface area contributed by atoms with Crippen LogP contribution in [0.3, 0.4) is 0 Å². The quantitative estimate of drug-likeness (QED) is 0.0779. The summed E-state index contributed by atoms with van der Waals surface area (Å²) in [5.74, 6) is -7.85. The zero-order valence-corrected chi connectivity index (χ0v) is 25.5. The first-order chi connectivity index (χ1) is 22.7. The number of nitrogens with one attached hydrogen (secondary N) is 5. The molecule has 3 rings (SSSR count). The van der Waals surface area contributed by atoms with Crippen molar-refractivity contribution in [2.24, 2.45) is 5.73 Å². The maximum Gasteiger partial charge on any atom is 0.322 e. The van der Waals surface area contributed by atoms with E-state index in [1.807, 2.05) is 0 Å². The molecule has 0 fully saturated rings. The molecule has 48 heavy (non-hydrogen) atoms. The number of phenols is 1. The number of aromatic nitrogens is 1. The van der Waals surface area contributed by atoms with Crippen LogP contribution in [0.1, 0.15) is 30.4 Å². The van der Waals surface area contributed by atoms with Gasteiger partial charge in [0.15, 0.2) is 0 Å². The third-order valence-corrected chi connectivity index (χ3v) is 7.17. The third kappa shape index (κ3) is 11.1. The molecule has 17 heteroatoms. The fourth-order valence-electron chi connectivity index (χ4n) is 4.73. The van der Waals surface area contributed by atoms with Gasteiger partial charge in [0.1, 0.15) is 30.4 Å². The minimum absolute atomic E-state index is 0.0655. The summed E-state index contributed by atoms with van der Waals surface area (Å²) in [6.07, 6.45) is -0.472. The van der Waals surface area contributed by atoms with Crippen molar-refractivity contribution in [1.82, 2.24) is 26.3 Å². The van der Waals surface area contributed by atoms with Crippen LogP contribution in [0.5, 0.6) is 5.75 Å². The molecule has 2 aromatic carbocycles. The lowest BCUT2D eigenvalue weighted by Crippen LogP contribution is -2.58. The Kier molecular flexibility index (Phi) is 13.0. The summed E-state index contributed by atoms with van der Waals surface area (Å²) in [4.78, 5) is 89.5. The van der Waals surface area contributed by atoms with Gasteiger partial charge in [-0.15, -0.1) is 0 Å². The number of phenolic OH excluding ortho intramolecular Hbond substituents is 1. The lowest BCUT2D eigenvalue weighted by atomic mass is 10.0. The van der Waals surface area contributed by atoms with Crippen molar-refractivity contribution >= 4 is 52.4 Å². The van der Waals surface area contributed by atoms with Crippen molar-refractivity contribution in [2.75, 3.05) is 6.54 Å². The number of carboxylic acids is 3. The molecule has 0 aliphatic rings. The number of carbonyl (C=O) groups is 7.